The molecule has 0 saturated carbocycles. The molecule has 2 aromatic rings. The highest BCUT2D eigenvalue weighted by atomic mass is 16.3. The maximum atomic E-state index is 10.4. The maximum absolute atomic E-state index is 10.4. The molecule has 2 nitrogen and oxygen atoms in total. The number of rotatable bonds is 2. The first-order valence-electron chi connectivity index (χ1n) is 6.43. The lowest BCUT2D eigenvalue weighted by molar-refractivity contribution is 0.0800. The zero-order chi connectivity index (χ0) is 13.5. The monoisotopic (exact) mass is 243 g/mol. The van der Waals surface area contributed by atoms with Gasteiger partial charge in [-0.2, -0.15) is 0 Å². The molecule has 1 aromatic carbocycles. The summed E-state index contributed by atoms with van der Waals surface area (Å²) in [6, 6.07) is 8.23. The average Bonchev–Trinajstić information content (AvgIpc) is 2.26. The fourth-order valence-electron chi connectivity index (χ4n) is 2.16. The van der Waals surface area contributed by atoms with Gasteiger partial charge in [-0.3, -0.25) is 4.98 Å². The minimum absolute atomic E-state index is 0.358. The van der Waals surface area contributed by atoms with Gasteiger partial charge in [0, 0.05) is 11.1 Å². The normalized spacial score (nSPS) is 12.4. The van der Waals surface area contributed by atoms with E-state index in [1.807, 2.05) is 26.0 Å². The Morgan fingerprint density at radius 3 is 2.39 bits per heavy atom. The van der Waals surface area contributed by atoms with Crippen LogP contribution in [0.15, 0.2) is 24.3 Å². The van der Waals surface area contributed by atoms with Crippen molar-refractivity contribution in [2.45, 2.75) is 46.1 Å². The Morgan fingerprint density at radius 2 is 1.83 bits per heavy atom. The minimum Gasteiger partial charge on any atom is -0.386 e. The van der Waals surface area contributed by atoms with Crippen molar-refractivity contribution < 1.29 is 5.11 Å². The van der Waals surface area contributed by atoms with E-state index < -0.39 is 5.60 Å². The van der Waals surface area contributed by atoms with Crippen LogP contribution in [0, 0.1) is 6.92 Å². The lowest BCUT2D eigenvalue weighted by Crippen LogP contribution is -2.17. The van der Waals surface area contributed by atoms with E-state index in [4.69, 9.17) is 0 Å². The summed E-state index contributed by atoms with van der Waals surface area (Å²) in [5.41, 5.74) is 3.29. The van der Waals surface area contributed by atoms with Crippen LogP contribution < -0.4 is 0 Å². The highest BCUT2D eigenvalue weighted by Crippen LogP contribution is 2.30. The average molecular weight is 243 g/mol. The molecule has 1 heterocycles. The van der Waals surface area contributed by atoms with Crippen LogP contribution in [0.3, 0.4) is 0 Å². The molecule has 0 aliphatic rings. The second-order valence-electron chi connectivity index (χ2n) is 5.83. The van der Waals surface area contributed by atoms with Crippen molar-refractivity contribution in [2.24, 2.45) is 0 Å². The van der Waals surface area contributed by atoms with E-state index in [0.29, 0.717) is 5.92 Å². The topological polar surface area (TPSA) is 33.1 Å². The Labute approximate surface area is 109 Å². The van der Waals surface area contributed by atoms with Gasteiger partial charge in [-0.05, 0) is 50.5 Å². The number of aromatic nitrogens is 1. The molecule has 96 valence electrons. The Morgan fingerprint density at radius 1 is 1.17 bits per heavy atom. The third-order valence-corrected chi connectivity index (χ3v) is 3.23. The summed E-state index contributed by atoms with van der Waals surface area (Å²) in [5.74, 6) is 0.358. The van der Waals surface area contributed by atoms with Crippen LogP contribution in [0.25, 0.3) is 10.9 Å². The van der Waals surface area contributed by atoms with Crippen molar-refractivity contribution >= 4 is 10.9 Å². The van der Waals surface area contributed by atoms with Crippen molar-refractivity contribution in [3.8, 4) is 0 Å². The summed E-state index contributed by atoms with van der Waals surface area (Å²) in [5, 5.41) is 11.4. The molecule has 18 heavy (non-hydrogen) atoms. The Kier molecular flexibility index (Phi) is 3.16. The van der Waals surface area contributed by atoms with Crippen LogP contribution in [0.1, 0.15) is 50.4 Å². The molecule has 2 heteroatoms. The molecule has 1 N–H and O–H groups in total. The molecule has 0 aliphatic carbocycles. The molecule has 0 saturated heterocycles. The van der Waals surface area contributed by atoms with E-state index in [9.17, 15) is 5.11 Å². The third kappa shape index (κ3) is 2.39. The van der Waals surface area contributed by atoms with Crippen LogP contribution in [-0.2, 0) is 5.60 Å². The van der Waals surface area contributed by atoms with Crippen molar-refractivity contribution in [2.75, 3.05) is 0 Å². The van der Waals surface area contributed by atoms with Crippen LogP contribution in [0.2, 0.25) is 0 Å². The van der Waals surface area contributed by atoms with Gasteiger partial charge in [0.25, 0.3) is 0 Å². The Bertz CT molecular complexity index is 579. The van der Waals surface area contributed by atoms with Crippen LogP contribution >= 0.6 is 0 Å². The molecule has 0 fully saturated rings. The van der Waals surface area contributed by atoms with E-state index in [-0.39, 0.29) is 0 Å². The Hall–Kier alpha value is -1.41. The lowest BCUT2D eigenvalue weighted by atomic mass is 9.91. The maximum Gasteiger partial charge on any atom is 0.0847 e. The number of hydrogen-bond donors (Lipinski definition) is 1. The van der Waals surface area contributed by atoms with Crippen molar-refractivity contribution in [1.29, 1.82) is 0 Å². The third-order valence-electron chi connectivity index (χ3n) is 3.23. The fourth-order valence-corrected chi connectivity index (χ4v) is 2.16. The van der Waals surface area contributed by atoms with E-state index in [0.717, 1.165) is 22.2 Å². The van der Waals surface area contributed by atoms with Crippen LogP contribution in [-0.4, -0.2) is 10.1 Å². The molecule has 0 amide bonds. The van der Waals surface area contributed by atoms with Gasteiger partial charge >= 0.3 is 0 Å². The smallest absolute Gasteiger partial charge is 0.0847 e. The summed E-state index contributed by atoms with van der Waals surface area (Å²) in [6.07, 6.45) is 0. The standard InChI is InChI=1S/C16H21NO/c1-10(2)15-9-13(16(4,5)18)12-8-11(3)6-7-14(12)17-15/h6-10,18H,1-5H3. The number of hydrogen-bond acceptors (Lipinski definition) is 2. The molecule has 2 rings (SSSR count). The number of pyridine rings is 1. The Balaban J connectivity index is 2.82. The molecule has 0 spiro atoms. The van der Waals surface area contributed by atoms with Gasteiger partial charge in [-0.25, -0.2) is 0 Å². The number of fused-ring (bicyclic) bond motifs is 1. The fraction of sp³-hybridized carbons (Fsp3) is 0.438. The van der Waals surface area contributed by atoms with Crippen molar-refractivity contribution in [1.82, 2.24) is 4.98 Å². The number of nitrogens with zero attached hydrogens (tertiary/aromatic N) is 1. The van der Waals surface area contributed by atoms with Gasteiger partial charge in [0.15, 0.2) is 0 Å². The predicted octanol–water partition coefficient (Wildman–Crippen LogP) is 3.89. The first-order valence-corrected chi connectivity index (χ1v) is 6.43. The summed E-state index contributed by atoms with van der Waals surface area (Å²) in [7, 11) is 0. The highest BCUT2D eigenvalue weighted by molar-refractivity contribution is 5.84. The van der Waals surface area contributed by atoms with Crippen molar-refractivity contribution in [3.63, 3.8) is 0 Å². The van der Waals surface area contributed by atoms with Gasteiger partial charge in [-0.15, -0.1) is 0 Å². The van der Waals surface area contributed by atoms with Gasteiger partial charge < -0.3 is 5.11 Å². The minimum atomic E-state index is -0.849. The molecule has 0 atom stereocenters. The molecule has 0 bridgehead atoms. The van der Waals surface area contributed by atoms with E-state index in [1.165, 1.54) is 5.56 Å². The molecule has 0 radical (unpaired) electrons. The predicted molar refractivity (Wildman–Crippen MR) is 75.8 cm³/mol. The van der Waals surface area contributed by atoms with Crippen molar-refractivity contribution in [3.05, 3.63) is 41.1 Å². The molecule has 1 aromatic heterocycles. The zero-order valence-electron chi connectivity index (χ0n) is 11.8. The van der Waals surface area contributed by atoms with Gasteiger partial charge in [0.2, 0.25) is 0 Å². The summed E-state index contributed by atoms with van der Waals surface area (Å²) in [6.45, 7) is 9.96. The second-order valence-corrected chi connectivity index (χ2v) is 5.83. The van der Waals surface area contributed by atoms with E-state index >= 15 is 0 Å². The van der Waals surface area contributed by atoms with E-state index in [1.54, 1.807) is 0 Å². The van der Waals surface area contributed by atoms with E-state index in [2.05, 4.69) is 37.9 Å². The number of aryl methyl sites for hydroxylation is 1. The summed E-state index contributed by atoms with van der Waals surface area (Å²) in [4.78, 5) is 4.68. The van der Waals surface area contributed by atoms with Crippen LogP contribution in [0.5, 0.6) is 0 Å². The van der Waals surface area contributed by atoms with Gasteiger partial charge in [0.1, 0.15) is 0 Å². The first kappa shape index (κ1) is 13.0. The zero-order valence-corrected chi connectivity index (χ0v) is 11.8. The molecular formula is C16H21NO. The van der Waals surface area contributed by atoms with Crippen LogP contribution in [0.4, 0.5) is 0 Å². The molecular weight excluding hydrogens is 222 g/mol. The first-order chi connectivity index (χ1) is 8.29. The summed E-state index contributed by atoms with van der Waals surface area (Å²) < 4.78 is 0. The second kappa shape index (κ2) is 4.36. The lowest BCUT2D eigenvalue weighted by Gasteiger charge is -2.22. The highest BCUT2D eigenvalue weighted by Gasteiger charge is 2.21. The summed E-state index contributed by atoms with van der Waals surface area (Å²) >= 11 is 0. The van der Waals surface area contributed by atoms with Gasteiger partial charge in [0.05, 0.1) is 11.1 Å². The molecule has 0 unspecified atom stereocenters. The quantitative estimate of drug-likeness (QED) is 0.868. The number of aliphatic hydroxyl groups is 1. The van der Waals surface area contributed by atoms with Gasteiger partial charge in [-0.1, -0.05) is 25.5 Å². The largest absolute Gasteiger partial charge is 0.386 e. The number of benzene rings is 1. The molecule has 0 aliphatic heterocycles. The SMILES string of the molecule is Cc1ccc2nc(C(C)C)cc(C(C)(C)O)c2c1.